The monoisotopic (exact) mass is 272 g/mol. The number of benzene rings is 1. The molecule has 0 fully saturated rings. The average molecular weight is 272 g/mol. The predicted octanol–water partition coefficient (Wildman–Crippen LogP) is 3.78. The Hall–Kier alpha value is -2.10. The van der Waals surface area contributed by atoms with Crippen molar-refractivity contribution in [1.29, 1.82) is 0 Å². The molecular weight excluding hydrogens is 252 g/mol. The maximum atomic E-state index is 11.1. The summed E-state index contributed by atoms with van der Waals surface area (Å²) in [5.74, 6) is -0.143. The number of aromatic nitrogens is 1. The van der Waals surface area contributed by atoms with Crippen LogP contribution < -0.4 is 5.32 Å². The topological polar surface area (TPSA) is 62.2 Å². The number of pyridine rings is 1. The first kappa shape index (κ1) is 14.3. The van der Waals surface area contributed by atoms with Gasteiger partial charge in [0.15, 0.2) is 0 Å². The first-order valence-electron chi connectivity index (χ1n) is 6.74. The molecule has 4 nitrogen and oxygen atoms in total. The van der Waals surface area contributed by atoms with Crippen molar-refractivity contribution in [3.05, 3.63) is 35.9 Å². The van der Waals surface area contributed by atoms with Crippen molar-refractivity contribution in [2.75, 3.05) is 11.9 Å². The van der Waals surface area contributed by atoms with E-state index in [4.69, 9.17) is 5.11 Å². The van der Waals surface area contributed by atoms with Crippen LogP contribution in [0.5, 0.6) is 0 Å². The minimum atomic E-state index is -0.925. The van der Waals surface area contributed by atoms with Gasteiger partial charge >= 0.3 is 5.97 Å². The summed E-state index contributed by atoms with van der Waals surface area (Å²) in [6.45, 7) is 7.44. The van der Waals surface area contributed by atoms with Crippen LogP contribution in [-0.2, 0) is 0 Å². The molecule has 2 N–H and O–H groups in total. The second-order valence-corrected chi connectivity index (χ2v) is 6.11. The van der Waals surface area contributed by atoms with E-state index in [9.17, 15) is 4.79 Å². The van der Waals surface area contributed by atoms with Crippen molar-refractivity contribution >= 4 is 22.7 Å². The maximum Gasteiger partial charge on any atom is 0.336 e. The zero-order chi connectivity index (χ0) is 14.8. The lowest BCUT2D eigenvalue weighted by Gasteiger charge is -2.18. The van der Waals surface area contributed by atoms with Gasteiger partial charge in [0.1, 0.15) is 5.82 Å². The third-order valence-electron chi connectivity index (χ3n) is 3.14. The summed E-state index contributed by atoms with van der Waals surface area (Å²) in [7, 11) is 0. The Labute approximate surface area is 118 Å². The smallest absolute Gasteiger partial charge is 0.336 e. The van der Waals surface area contributed by atoms with Gasteiger partial charge in [0, 0.05) is 11.9 Å². The quantitative estimate of drug-likeness (QED) is 0.889. The molecular formula is C16H20N2O2. The molecule has 2 aromatic rings. The molecule has 0 amide bonds. The first-order valence-corrected chi connectivity index (χ1v) is 6.74. The van der Waals surface area contributed by atoms with Crippen LogP contribution >= 0.6 is 0 Å². The van der Waals surface area contributed by atoms with E-state index in [1.165, 1.54) is 0 Å². The highest BCUT2D eigenvalue weighted by molar-refractivity contribution is 6.02. The van der Waals surface area contributed by atoms with E-state index in [0.717, 1.165) is 18.8 Å². The normalized spacial score (nSPS) is 11.6. The SMILES string of the molecule is CC(C)(C)CCNc1ccc2c(C(=O)O)cccc2n1. The molecule has 0 atom stereocenters. The minimum absolute atomic E-state index is 0.278. The van der Waals surface area contributed by atoms with E-state index >= 15 is 0 Å². The molecule has 20 heavy (non-hydrogen) atoms. The summed E-state index contributed by atoms with van der Waals surface area (Å²) >= 11 is 0. The highest BCUT2D eigenvalue weighted by Gasteiger charge is 2.11. The van der Waals surface area contributed by atoms with E-state index in [1.54, 1.807) is 12.1 Å². The molecule has 106 valence electrons. The molecule has 0 spiro atoms. The Morgan fingerprint density at radius 3 is 2.65 bits per heavy atom. The van der Waals surface area contributed by atoms with Crippen LogP contribution in [0.25, 0.3) is 10.9 Å². The molecule has 0 saturated carbocycles. The first-order chi connectivity index (χ1) is 9.37. The molecule has 0 bridgehead atoms. The fourth-order valence-electron chi connectivity index (χ4n) is 2.01. The Kier molecular flexibility index (Phi) is 3.93. The van der Waals surface area contributed by atoms with E-state index in [0.29, 0.717) is 10.9 Å². The number of fused-ring (bicyclic) bond motifs is 1. The molecule has 1 aromatic heterocycles. The van der Waals surface area contributed by atoms with E-state index < -0.39 is 5.97 Å². The molecule has 0 unspecified atom stereocenters. The van der Waals surface area contributed by atoms with Gasteiger partial charge in [0.2, 0.25) is 0 Å². The van der Waals surface area contributed by atoms with Crippen molar-refractivity contribution in [1.82, 2.24) is 4.98 Å². The van der Waals surface area contributed by atoms with Gasteiger partial charge in [0.05, 0.1) is 11.1 Å². The second-order valence-electron chi connectivity index (χ2n) is 6.11. The molecule has 2 rings (SSSR count). The average Bonchev–Trinajstić information content (AvgIpc) is 2.36. The molecule has 0 aliphatic heterocycles. The van der Waals surface area contributed by atoms with E-state index in [2.05, 4.69) is 31.1 Å². The highest BCUT2D eigenvalue weighted by atomic mass is 16.4. The Balaban J connectivity index is 2.20. The zero-order valence-electron chi connectivity index (χ0n) is 12.1. The molecule has 0 aliphatic carbocycles. The van der Waals surface area contributed by atoms with Crippen molar-refractivity contribution in [3.63, 3.8) is 0 Å². The van der Waals surface area contributed by atoms with Crippen LogP contribution in [0.15, 0.2) is 30.3 Å². The number of hydrogen-bond donors (Lipinski definition) is 2. The Bertz CT molecular complexity index is 630. The Morgan fingerprint density at radius 2 is 2.00 bits per heavy atom. The van der Waals surface area contributed by atoms with Gasteiger partial charge in [-0.2, -0.15) is 0 Å². The lowest BCUT2D eigenvalue weighted by molar-refractivity contribution is 0.0699. The van der Waals surface area contributed by atoms with Gasteiger partial charge in [-0.1, -0.05) is 26.8 Å². The third kappa shape index (κ3) is 3.47. The molecule has 0 saturated heterocycles. The standard InChI is InChI=1S/C16H20N2O2/c1-16(2,3)9-10-17-14-8-7-11-12(15(19)20)5-4-6-13(11)18-14/h4-8H,9-10H2,1-3H3,(H,17,18)(H,19,20). The van der Waals surface area contributed by atoms with Crippen LogP contribution in [-0.4, -0.2) is 22.6 Å². The summed E-state index contributed by atoms with van der Waals surface area (Å²) in [5.41, 5.74) is 1.27. The number of aromatic carboxylic acids is 1. The summed E-state index contributed by atoms with van der Waals surface area (Å²) < 4.78 is 0. The van der Waals surface area contributed by atoms with Gasteiger partial charge in [0.25, 0.3) is 0 Å². The van der Waals surface area contributed by atoms with Crippen molar-refractivity contribution < 1.29 is 9.90 Å². The van der Waals surface area contributed by atoms with E-state index in [-0.39, 0.29) is 11.0 Å². The number of carboxylic acids is 1. The summed E-state index contributed by atoms with van der Waals surface area (Å²) in [6, 6.07) is 8.79. The van der Waals surface area contributed by atoms with Crippen molar-refractivity contribution in [2.45, 2.75) is 27.2 Å². The molecule has 0 radical (unpaired) electrons. The van der Waals surface area contributed by atoms with Crippen molar-refractivity contribution in [2.24, 2.45) is 5.41 Å². The van der Waals surface area contributed by atoms with Crippen LogP contribution in [0.1, 0.15) is 37.6 Å². The summed E-state index contributed by atoms with van der Waals surface area (Å²) in [4.78, 5) is 15.6. The predicted molar refractivity (Wildman–Crippen MR) is 81.3 cm³/mol. The van der Waals surface area contributed by atoms with Crippen LogP contribution in [0.3, 0.4) is 0 Å². The lowest BCUT2D eigenvalue weighted by Crippen LogP contribution is -2.13. The molecule has 4 heteroatoms. The number of nitrogens with zero attached hydrogens (tertiary/aromatic N) is 1. The van der Waals surface area contributed by atoms with Crippen LogP contribution in [0, 0.1) is 5.41 Å². The number of carboxylic acid groups (broad SMARTS) is 1. The Morgan fingerprint density at radius 1 is 1.25 bits per heavy atom. The maximum absolute atomic E-state index is 11.1. The van der Waals surface area contributed by atoms with Crippen LogP contribution in [0.4, 0.5) is 5.82 Å². The van der Waals surface area contributed by atoms with Crippen molar-refractivity contribution in [3.8, 4) is 0 Å². The van der Waals surface area contributed by atoms with Gasteiger partial charge in [-0.05, 0) is 36.1 Å². The lowest BCUT2D eigenvalue weighted by atomic mass is 9.92. The minimum Gasteiger partial charge on any atom is -0.478 e. The number of rotatable bonds is 4. The summed E-state index contributed by atoms with van der Waals surface area (Å²) in [6.07, 6.45) is 1.04. The number of carbonyl (C=O) groups is 1. The fourth-order valence-corrected chi connectivity index (χ4v) is 2.01. The number of anilines is 1. The number of nitrogens with one attached hydrogen (secondary N) is 1. The van der Waals surface area contributed by atoms with E-state index in [1.807, 2.05) is 18.2 Å². The van der Waals surface area contributed by atoms with Crippen LogP contribution in [0.2, 0.25) is 0 Å². The largest absolute Gasteiger partial charge is 0.478 e. The molecule has 1 aromatic carbocycles. The highest BCUT2D eigenvalue weighted by Crippen LogP contribution is 2.21. The molecule has 0 aliphatic rings. The third-order valence-corrected chi connectivity index (χ3v) is 3.14. The second kappa shape index (κ2) is 5.49. The molecule has 1 heterocycles. The zero-order valence-corrected chi connectivity index (χ0v) is 12.1. The van der Waals surface area contributed by atoms with Gasteiger partial charge in [-0.3, -0.25) is 0 Å². The number of hydrogen-bond acceptors (Lipinski definition) is 3. The summed E-state index contributed by atoms with van der Waals surface area (Å²) in [5, 5.41) is 13.1. The van der Waals surface area contributed by atoms with Gasteiger partial charge < -0.3 is 10.4 Å². The van der Waals surface area contributed by atoms with Gasteiger partial charge in [-0.25, -0.2) is 9.78 Å². The fraction of sp³-hybridized carbons (Fsp3) is 0.375. The van der Waals surface area contributed by atoms with Gasteiger partial charge in [-0.15, -0.1) is 0 Å².